The summed E-state index contributed by atoms with van der Waals surface area (Å²) in [5.74, 6) is -4.04. The first-order chi connectivity index (χ1) is 7.42. The zero-order valence-corrected chi connectivity index (χ0v) is 9.19. The van der Waals surface area contributed by atoms with Crippen molar-refractivity contribution in [1.29, 1.82) is 0 Å². The fourth-order valence-corrected chi connectivity index (χ4v) is 1.18. The summed E-state index contributed by atoms with van der Waals surface area (Å²) in [5.41, 5.74) is 0. The summed E-state index contributed by atoms with van der Waals surface area (Å²) in [6.45, 7) is 1.07. The fourth-order valence-electron chi connectivity index (χ4n) is 1.18. The number of halogens is 4. The lowest BCUT2D eigenvalue weighted by molar-refractivity contribution is -0.174. The van der Waals surface area contributed by atoms with Crippen LogP contribution in [0.4, 0.5) is 17.6 Å². The molecule has 1 aliphatic carbocycles. The van der Waals surface area contributed by atoms with Crippen molar-refractivity contribution in [2.24, 2.45) is 0 Å². The average molecular weight is 243 g/mol. The van der Waals surface area contributed by atoms with Crippen molar-refractivity contribution in [3.8, 4) is 0 Å². The molecule has 0 aliphatic heterocycles. The van der Waals surface area contributed by atoms with E-state index in [4.69, 9.17) is 4.74 Å². The van der Waals surface area contributed by atoms with Gasteiger partial charge in [-0.2, -0.15) is 8.78 Å². The number of nitrogens with one attached hydrogen (secondary N) is 1. The Kier molecular flexibility index (Phi) is 4.98. The first-order valence-electron chi connectivity index (χ1n) is 5.43. The van der Waals surface area contributed by atoms with Crippen LogP contribution in [0.2, 0.25) is 0 Å². The van der Waals surface area contributed by atoms with Crippen LogP contribution in [0, 0.1) is 0 Å². The van der Waals surface area contributed by atoms with E-state index in [1.807, 2.05) is 0 Å². The van der Waals surface area contributed by atoms with E-state index >= 15 is 0 Å². The van der Waals surface area contributed by atoms with Gasteiger partial charge in [0.05, 0.1) is 6.10 Å². The van der Waals surface area contributed by atoms with Crippen molar-refractivity contribution in [3.05, 3.63) is 0 Å². The third-order valence-electron chi connectivity index (χ3n) is 2.44. The van der Waals surface area contributed by atoms with Gasteiger partial charge in [0.2, 0.25) is 0 Å². The van der Waals surface area contributed by atoms with Gasteiger partial charge in [-0.3, -0.25) is 0 Å². The standard InChI is InChI=1S/C10H17F4NO/c1-7(4-5-15-8-2-3-8)16-6-10(13,14)9(11)12/h7-9,15H,2-6H2,1H3. The zero-order chi connectivity index (χ0) is 12.2. The van der Waals surface area contributed by atoms with E-state index in [9.17, 15) is 17.6 Å². The molecule has 1 unspecified atom stereocenters. The van der Waals surface area contributed by atoms with E-state index in [1.54, 1.807) is 6.92 Å². The van der Waals surface area contributed by atoms with E-state index in [1.165, 1.54) is 0 Å². The minimum Gasteiger partial charge on any atom is -0.372 e. The highest BCUT2D eigenvalue weighted by atomic mass is 19.3. The van der Waals surface area contributed by atoms with Gasteiger partial charge in [-0.25, -0.2) is 8.78 Å². The van der Waals surface area contributed by atoms with Crippen LogP contribution in [0.15, 0.2) is 0 Å². The van der Waals surface area contributed by atoms with Crippen molar-refractivity contribution in [2.45, 2.75) is 50.7 Å². The summed E-state index contributed by atoms with van der Waals surface area (Å²) in [5, 5.41) is 3.19. The molecule has 1 N–H and O–H groups in total. The van der Waals surface area contributed by atoms with E-state index in [0.29, 0.717) is 19.0 Å². The Labute approximate surface area is 92.3 Å². The second-order valence-corrected chi connectivity index (χ2v) is 4.20. The van der Waals surface area contributed by atoms with Gasteiger partial charge < -0.3 is 10.1 Å². The first-order valence-corrected chi connectivity index (χ1v) is 5.43. The molecule has 0 amide bonds. The van der Waals surface area contributed by atoms with Crippen LogP contribution in [0.25, 0.3) is 0 Å². The molecule has 1 aliphatic rings. The van der Waals surface area contributed by atoms with Gasteiger partial charge in [0.1, 0.15) is 6.61 Å². The summed E-state index contributed by atoms with van der Waals surface area (Å²) in [6.07, 6.45) is -1.24. The normalized spacial score (nSPS) is 19.1. The zero-order valence-electron chi connectivity index (χ0n) is 9.19. The summed E-state index contributed by atoms with van der Waals surface area (Å²) in [4.78, 5) is 0. The van der Waals surface area contributed by atoms with Crippen LogP contribution in [0.3, 0.4) is 0 Å². The van der Waals surface area contributed by atoms with Gasteiger partial charge in [-0.05, 0) is 32.7 Å². The highest BCUT2D eigenvalue weighted by molar-refractivity contribution is 4.80. The maximum Gasteiger partial charge on any atom is 0.330 e. The van der Waals surface area contributed by atoms with E-state index < -0.39 is 25.1 Å². The minimum absolute atomic E-state index is 0.434. The Morgan fingerprint density at radius 1 is 1.38 bits per heavy atom. The van der Waals surface area contributed by atoms with Gasteiger partial charge in [0.25, 0.3) is 0 Å². The molecule has 0 radical (unpaired) electrons. The van der Waals surface area contributed by atoms with Gasteiger partial charge in [0.15, 0.2) is 0 Å². The molecule has 0 saturated heterocycles. The number of ether oxygens (including phenoxy) is 1. The third-order valence-corrected chi connectivity index (χ3v) is 2.44. The third kappa shape index (κ3) is 5.12. The van der Waals surface area contributed by atoms with Crippen LogP contribution in [-0.2, 0) is 4.74 Å². The van der Waals surface area contributed by atoms with Crippen LogP contribution < -0.4 is 5.32 Å². The Morgan fingerprint density at radius 2 is 2.00 bits per heavy atom. The molecule has 0 aromatic heterocycles. The molecule has 0 aromatic rings. The van der Waals surface area contributed by atoms with Crippen molar-refractivity contribution in [2.75, 3.05) is 13.2 Å². The minimum atomic E-state index is -4.04. The summed E-state index contributed by atoms with van der Waals surface area (Å²) in [6, 6.07) is 0.551. The van der Waals surface area contributed by atoms with Crippen molar-refractivity contribution >= 4 is 0 Å². The molecule has 6 heteroatoms. The quantitative estimate of drug-likeness (QED) is 0.661. The van der Waals surface area contributed by atoms with Gasteiger partial charge in [-0.15, -0.1) is 0 Å². The van der Waals surface area contributed by atoms with E-state index in [0.717, 1.165) is 12.8 Å². The van der Waals surface area contributed by atoms with Gasteiger partial charge in [0, 0.05) is 6.04 Å². The molecule has 16 heavy (non-hydrogen) atoms. The molecular weight excluding hydrogens is 226 g/mol. The van der Waals surface area contributed by atoms with Crippen molar-refractivity contribution in [3.63, 3.8) is 0 Å². The Hall–Kier alpha value is -0.360. The number of rotatable bonds is 8. The van der Waals surface area contributed by atoms with Crippen LogP contribution in [0.5, 0.6) is 0 Å². The SMILES string of the molecule is CC(CCNC1CC1)OCC(F)(F)C(F)F. The Morgan fingerprint density at radius 3 is 2.50 bits per heavy atom. The summed E-state index contributed by atoms with van der Waals surface area (Å²) in [7, 11) is 0. The molecular formula is C10H17F4NO. The molecule has 1 fully saturated rings. The van der Waals surface area contributed by atoms with Crippen molar-refractivity contribution < 1.29 is 22.3 Å². The number of hydrogen-bond acceptors (Lipinski definition) is 2. The van der Waals surface area contributed by atoms with Crippen LogP contribution >= 0.6 is 0 Å². The number of hydrogen-bond donors (Lipinski definition) is 1. The predicted octanol–water partition coefficient (Wildman–Crippen LogP) is 2.43. The molecule has 2 nitrogen and oxygen atoms in total. The predicted molar refractivity (Wildman–Crippen MR) is 52.0 cm³/mol. The highest BCUT2D eigenvalue weighted by Crippen LogP contribution is 2.23. The van der Waals surface area contributed by atoms with Gasteiger partial charge >= 0.3 is 12.3 Å². The summed E-state index contributed by atoms with van der Waals surface area (Å²) < 4.78 is 53.2. The molecule has 0 bridgehead atoms. The first kappa shape index (κ1) is 13.7. The Balaban J connectivity index is 2.05. The molecule has 96 valence electrons. The number of alkyl halides is 4. The molecule has 0 spiro atoms. The van der Waals surface area contributed by atoms with Crippen LogP contribution in [-0.4, -0.2) is 37.6 Å². The second-order valence-electron chi connectivity index (χ2n) is 4.20. The lowest BCUT2D eigenvalue weighted by atomic mass is 10.3. The molecule has 1 rings (SSSR count). The molecule has 1 saturated carbocycles. The Bertz CT molecular complexity index is 209. The highest BCUT2D eigenvalue weighted by Gasteiger charge is 2.41. The smallest absolute Gasteiger partial charge is 0.330 e. The lowest BCUT2D eigenvalue weighted by Crippen LogP contribution is -2.34. The lowest BCUT2D eigenvalue weighted by Gasteiger charge is -2.19. The van der Waals surface area contributed by atoms with Crippen molar-refractivity contribution in [1.82, 2.24) is 5.32 Å². The maximum absolute atomic E-state index is 12.5. The fraction of sp³-hybridized carbons (Fsp3) is 1.00. The second kappa shape index (κ2) is 5.82. The molecule has 0 aromatic carbocycles. The van der Waals surface area contributed by atoms with E-state index in [-0.39, 0.29) is 0 Å². The monoisotopic (exact) mass is 243 g/mol. The maximum atomic E-state index is 12.5. The van der Waals surface area contributed by atoms with Crippen LogP contribution in [0.1, 0.15) is 26.2 Å². The van der Waals surface area contributed by atoms with Gasteiger partial charge in [-0.1, -0.05) is 0 Å². The molecule has 1 atom stereocenters. The largest absolute Gasteiger partial charge is 0.372 e. The van der Waals surface area contributed by atoms with E-state index in [2.05, 4.69) is 5.32 Å². The summed E-state index contributed by atoms with van der Waals surface area (Å²) >= 11 is 0. The topological polar surface area (TPSA) is 21.3 Å². The average Bonchev–Trinajstić information content (AvgIpc) is 2.98. The molecule has 0 heterocycles.